The fourth-order valence-electron chi connectivity index (χ4n) is 1.19. The molecule has 0 spiro atoms. The summed E-state index contributed by atoms with van der Waals surface area (Å²) in [5.41, 5.74) is 7.42. The summed E-state index contributed by atoms with van der Waals surface area (Å²) in [6.07, 6.45) is 2.23. The number of nitrogens with two attached hydrogens (primary N) is 1. The van der Waals surface area contributed by atoms with Crippen LogP contribution in [-0.4, -0.2) is 5.16 Å². The Morgan fingerprint density at radius 2 is 1.93 bits per heavy atom. The lowest BCUT2D eigenvalue weighted by molar-refractivity contribution is 0.390. The first kappa shape index (κ1) is 10.6. The van der Waals surface area contributed by atoms with E-state index >= 15 is 0 Å². The maximum atomic E-state index is 5.63. The Hall–Kier alpha value is -1.48. The first-order valence-corrected chi connectivity index (χ1v) is 4.09. The summed E-state index contributed by atoms with van der Waals surface area (Å²) in [6.45, 7) is 0. The normalized spacial score (nSPS) is 9.43. The molecule has 2 aromatic rings. The molecule has 0 fully saturated rings. The van der Waals surface area contributed by atoms with Crippen LogP contribution in [0.3, 0.4) is 0 Å². The fraction of sp³-hybridized carbons (Fsp3) is 0.100. The van der Waals surface area contributed by atoms with Gasteiger partial charge in [0.05, 0.1) is 11.9 Å². The first-order valence-electron chi connectivity index (χ1n) is 4.09. The smallest absolute Gasteiger partial charge is 0.163 e. The van der Waals surface area contributed by atoms with E-state index in [0.717, 1.165) is 5.76 Å². The largest absolute Gasteiger partial charge is 0.395 e. The standard InChI is InChI=1S/C10H10N2O.ClH/c11-9-7-12-13-10(9)6-8-4-2-1-3-5-8;/h1-5,7H,6,11H2;1H. The zero-order valence-electron chi connectivity index (χ0n) is 7.51. The second kappa shape index (κ2) is 4.67. The lowest BCUT2D eigenvalue weighted by Crippen LogP contribution is -1.90. The molecule has 2 N–H and O–H groups in total. The van der Waals surface area contributed by atoms with E-state index in [1.54, 1.807) is 0 Å². The van der Waals surface area contributed by atoms with Crippen LogP contribution in [0.15, 0.2) is 41.1 Å². The van der Waals surface area contributed by atoms with Crippen LogP contribution in [0.2, 0.25) is 0 Å². The van der Waals surface area contributed by atoms with Gasteiger partial charge in [-0.05, 0) is 5.56 Å². The molecule has 0 saturated carbocycles. The third kappa shape index (κ3) is 2.26. The maximum absolute atomic E-state index is 5.63. The quantitative estimate of drug-likeness (QED) is 0.828. The SMILES string of the molecule is Cl.Nc1cnoc1Cc1ccccc1. The molecular weight excluding hydrogens is 200 g/mol. The van der Waals surface area contributed by atoms with Crippen LogP contribution in [0.4, 0.5) is 5.69 Å². The van der Waals surface area contributed by atoms with Crippen LogP contribution >= 0.6 is 12.4 Å². The number of hydrogen-bond donors (Lipinski definition) is 1. The van der Waals surface area contributed by atoms with Gasteiger partial charge in [-0.25, -0.2) is 0 Å². The highest BCUT2D eigenvalue weighted by atomic mass is 35.5. The molecule has 0 atom stereocenters. The van der Waals surface area contributed by atoms with E-state index in [2.05, 4.69) is 5.16 Å². The summed E-state index contributed by atoms with van der Waals surface area (Å²) in [7, 11) is 0. The molecule has 0 aliphatic carbocycles. The van der Waals surface area contributed by atoms with Crippen LogP contribution < -0.4 is 5.73 Å². The highest BCUT2D eigenvalue weighted by molar-refractivity contribution is 5.85. The van der Waals surface area contributed by atoms with Gasteiger partial charge in [-0.15, -0.1) is 12.4 Å². The molecule has 1 heterocycles. The average molecular weight is 211 g/mol. The van der Waals surface area contributed by atoms with Crippen molar-refractivity contribution in [2.24, 2.45) is 0 Å². The molecule has 0 radical (unpaired) electrons. The first-order chi connectivity index (χ1) is 6.36. The van der Waals surface area contributed by atoms with Crippen molar-refractivity contribution in [1.82, 2.24) is 5.16 Å². The van der Waals surface area contributed by atoms with Crippen molar-refractivity contribution in [3.05, 3.63) is 47.9 Å². The molecule has 4 heteroatoms. The number of halogens is 1. The molecule has 0 amide bonds. The van der Waals surface area contributed by atoms with Crippen LogP contribution in [0.5, 0.6) is 0 Å². The van der Waals surface area contributed by atoms with Crippen molar-refractivity contribution >= 4 is 18.1 Å². The summed E-state index contributed by atoms with van der Waals surface area (Å²) in [4.78, 5) is 0. The lowest BCUT2D eigenvalue weighted by Gasteiger charge is -1.96. The van der Waals surface area contributed by atoms with Gasteiger partial charge in [-0.3, -0.25) is 0 Å². The van der Waals surface area contributed by atoms with E-state index in [4.69, 9.17) is 10.3 Å². The van der Waals surface area contributed by atoms with Gasteiger partial charge in [-0.2, -0.15) is 0 Å². The van der Waals surface area contributed by atoms with E-state index < -0.39 is 0 Å². The van der Waals surface area contributed by atoms with Crippen molar-refractivity contribution in [2.45, 2.75) is 6.42 Å². The van der Waals surface area contributed by atoms with Crippen LogP contribution in [0.1, 0.15) is 11.3 Å². The Labute approximate surface area is 88.3 Å². The van der Waals surface area contributed by atoms with Gasteiger partial charge in [0.2, 0.25) is 0 Å². The number of anilines is 1. The molecule has 0 saturated heterocycles. The molecule has 74 valence electrons. The molecule has 0 bridgehead atoms. The average Bonchev–Trinajstić information content (AvgIpc) is 2.54. The predicted octanol–water partition coefficient (Wildman–Crippen LogP) is 2.27. The van der Waals surface area contributed by atoms with Gasteiger partial charge in [0.25, 0.3) is 0 Å². The number of nitrogens with zero attached hydrogens (tertiary/aromatic N) is 1. The number of aromatic nitrogens is 1. The molecule has 0 unspecified atom stereocenters. The maximum Gasteiger partial charge on any atom is 0.163 e. The molecule has 3 nitrogen and oxygen atoms in total. The zero-order chi connectivity index (χ0) is 9.10. The van der Waals surface area contributed by atoms with Gasteiger partial charge < -0.3 is 10.3 Å². The third-order valence-electron chi connectivity index (χ3n) is 1.88. The van der Waals surface area contributed by atoms with E-state index in [1.807, 2.05) is 30.3 Å². The molecule has 1 aromatic heterocycles. The third-order valence-corrected chi connectivity index (χ3v) is 1.88. The van der Waals surface area contributed by atoms with Crippen molar-refractivity contribution in [3.63, 3.8) is 0 Å². The Kier molecular flexibility index (Phi) is 3.54. The highest BCUT2D eigenvalue weighted by Crippen LogP contribution is 2.14. The number of nitrogen functional groups attached to an aromatic ring is 1. The van der Waals surface area contributed by atoms with Crippen molar-refractivity contribution in [3.8, 4) is 0 Å². The highest BCUT2D eigenvalue weighted by Gasteiger charge is 2.04. The van der Waals surface area contributed by atoms with Crippen molar-refractivity contribution in [1.29, 1.82) is 0 Å². The van der Waals surface area contributed by atoms with Gasteiger partial charge in [0.1, 0.15) is 0 Å². The second-order valence-corrected chi connectivity index (χ2v) is 2.87. The van der Waals surface area contributed by atoms with E-state index in [-0.39, 0.29) is 12.4 Å². The number of benzene rings is 1. The molecule has 2 rings (SSSR count). The van der Waals surface area contributed by atoms with Gasteiger partial charge >= 0.3 is 0 Å². The number of rotatable bonds is 2. The van der Waals surface area contributed by atoms with Crippen LogP contribution in [0.25, 0.3) is 0 Å². The lowest BCUT2D eigenvalue weighted by atomic mass is 10.1. The van der Waals surface area contributed by atoms with Gasteiger partial charge in [0, 0.05) is 6.42 Å². The summed E-state index contributed by atoms with van der Waals surface area (Å²) >= 11 is 0. The zero-order valence-corrected chi connectivity index (χ0v) is 8.33. The summed E-state index contributed by atoms with van der Waals surface area (Å²) in [6, 6.07) is 10.0. The fourth-order valence-corrected chi connectivity index (χ4v) is 1.19. The Balaban J connectivity index is 0.000000980. The Bertz CT molecular complexity index is 386. The summed E-state index contributed by atoms with van der Waals surface area (Å²) < 4.78 is 4.99. The van der Waals surface area contributed by atoms with E-state index in [9.17, 15) is 0 Å². The summed E-state index contributed by atoms with van der Waals surface area (Å²) in [5.74, 6) is 0.728. The Morgan fingerprint density at radius 1 is 1.21 bits per heavy atom. The minimum atomic E-state index is 0. The van der Waals surface area contributed by atoms with Crippen LogP contribution in [-0.2, 0) is 6.42 Å². The van der Waals surface area contributed by atoms with Gasteiger partial charge in [-0.1, -0.05) is 35.5 Å². The van der Waals surface area contributed by atoms with Crippen LogP contribution in [0, 0.1) is 0 Å². The molecule has 14 heavy (non-hydrogen) atoms. The monoisotopic (exact) mass is 210 g/mol. The molecule has 1 aromatic carbocycles. The molecular formula is C10H11ClN2O. The number of hydrogen-bond acceptors (Lipinski definition) is 3. The van der Waals surface area contributed by atoms with Crippen molar-refractivity contribution < 1.29 is 4.52 Å². The van der Waals surface area contributed by atoms with Gasteiger partial charge in [0.15, 0.2) is 5.76 Å². The Morgan fingerprint density at radius 3 is 2.50 bits per heavy atom. The molecule has 0 aliphatic heterocycles. The predicted molar refractivity (Wildman–Crippen MR) is 57.4 cm³/mol. The second-order valence-electron chi connectivity index (χ2n) is 2.87. The van der Waals surface area contributed by atoms with E-state index in [1.165, 1.54) is 11.8 Å². The summed E-state index contributed by atoms with van der Waals surface area (Å²) in [5, 5.41) is 3.62. The minimum absolute atomic E-state index is 0. The minimum Gasteiger partial charge on any atom is -0.395 e. The van der Waals surface area contributed by atoms with E-state index in [0.29, 0.717) is 12.1 Å². The topological polar surface area (TPSA) is 52.0 Å². The van der Waals surface area contributed by atoms with Crippen molar-refractivity contribution in [2.75, 3.05) is 5.73 Å². The molecule has 0 aliphatic rings.